The van der Waals surface area contributed by atoms with Gasteiger partial charge in [0.05, 0.1) is 6.21 Å². The van der Waals surface area contributed by atoms with Crippen LogP contribution in [-0.2, 0) is 5.41 Å². The van der Waals surface area contributed by atoms with Crippen LogP contribution >= 0.6 is 0 Å². The van der Waals surface area contributed by atoms with Gasteiger partial charge in [0, 0.05) is 16.7 Å². The minimum Gasteiger partial charge on any atom is -0.507 e. The van der Waals surface area contributed by atoms with Crippen LogP contribution in [0.25, 0.3) is 0 Å². The number of hydrazone groups is 1. The topological polar surface area (TPSA) is 90.4 Å². The molecule has 1 aromatic heterocycles. The van der Waals surface area contributed by atoms with Crippen LogP contribution in [0.2, 0.25) is 0 Å². The predicted octanol–water partition coefficient (Wildman–Crippen LogP) is 3.35. The average molecular weight is 364 g/mol. The summed E-state index contributed by atoms with van der Waals surface area (Å²) in [6.07, 6.45) is 9.29. The molecule has 6 heteroatoms. The number of H-pyrrole nitrogens is 1. The lowest BCUT2D eigenvalue weighted by Gasteiger charge is -2.56. The Morgan fingerprint density at radius 2 is 1.85 bits per heavy atom. The molecule has 6 nitrogen and oxygen atoms in total. The molecule has 0 radical (unpaired) electrons. The third-order valence-electron chi connectivity index (χ3n) is 6.73. The second-order valence-corrected chi connectivity index (χ2v) is 8.62. The van der Waals surface area contributed by atoms with E-state index in [1.807, 2.05) is 6.07 Å². The molecular formula is C21H24N4O2. The van der Waals surface area contributed by atoms with E-state index >= 15 is 0 Å². The molecule has 1 aromatic carbocycles. The molecule has 4 fully saturated rings. The van der Waals surface area contributed by atoms with Crippen molar-refractivity contribution >= 4 is 12.1 Å². The molecule has 0 spiro atoms. The smallest absolute Gasteiger partial charge is 0.291 e. The number of hydrogen-bond acceptors (Lipinski definition) is 4. The molecule has 0 aliphatic heterocycles. The van der Waals surface area contributed by atoms with Crippen molar-refractivity contribution < 1.29 is 9.90 Å². The molecule has 2 aromatic rings. The van der Waals surface area contributed by atoms with Gasteiger partial charge in [-0.3, -0.25) is 9.89 Å². The normalized spacial score (nSPS) is 31.5. The summed E-state index contributed by atoms with van der Waals surface area (Å²) in [4.78, 5) is 12.4. The lowest BCUT2D eigenvalue weighted by Crippen LogP contribution is -2.48. The Morgan fingerprint density at radius 3 is 2.52 bits per heavy atom. The first-order valence-corrected chi connectivity index (χ1v) is 9.79. The molecule has 1 amide bonds. The lowest BCUT2D eigenvalue weighted by molar-refractivity contribution is -0.00721. The molecule has 4 bridgehead atoms. The number of nitrogens with one attached hydrogen (secondary N) is 2. The zero-order valence-corrected chi connectivity index (χ0v) is 15.2. The van der Waals surface area contributed by atoms with Crippen molar-refractivity contribution in [1.82, 2.24) is 15.6 Å². The Bertz CT molecular complexity index is 866. The van der Waals surface area contributed by atoms with Crippen molar-refractivity contribution in [3.63, 3.8) is 0 Å². The standard InChI is InChI=1S/C21H24N4O2/c26-18-4-2-1-3-16(18)12-22-25-20(27)17-8-19(24-23-17)21-9-13-5-14(10-21)7-15(6-13)11-21/h1-4,8,12-15,26H,5-7,9-11H2,(H,23,24)(H,25,27)/b22-12-. The molecule has 140 valence electrons. The molecule has 0 saturated heterocycles. The van der Waals surface area contributed by atoms with Crippen LogP contribution in [0, 0.1) is 17.8 Å². The number of aromatic nitrogens is 2. The summed E-state index contributed by atoms with van der Waals surface area (Å²) >= 11 is 0. The maximum absolute atomic E-state index is 12.4. The van der Waals surface area contributed by atoms with Gasteiger partial charge in [-0.2, -0.15) is 10.2 Å². The molecular weight excluding hydrogens is 340 g/mol. The molecule has 4 aliphatic carbocycles. The fraction of sp³-hybridized carbons (Fsp3) is 0.476. The third-order valence-corrected chi connectivity index (χ3v) is 6.73. The fourth-order valence-corrected chi connectivity index (χ4v) is 5.96. The van der Waals surface area contributed by atoms with Gasteiger partial charge in [-0.15, -0.1) is 0 Å². The highest BCUT2D eigenvalue weighted by molar-refractivity contribution is 5.93. The average Bonchev–Trinajstić information content (AvgIpc) is 3.13. The molecule has 4 aliphatic rings. The number of nitrogens with zero attached hydrogens (tertiary/aromatic N) is 2. The van der Waals surface area contributed by atoms with Crippen molar-refractivity contribution in [3.05, 3.63) is 47.3 Å². The first-order valence-electron chi connectivity index (χ1n) is 9.79. The van der Waals surface area contributed by atoms with Crippen molar-refractivity contribution in [2.24, 2.45) is 22.9 Å². The lowest BCUT2D eigenvalue weighted by atomic mass is 9.49. The van der Waals surface area contributed by atoms with Gasteiger partial charge >= 0.3 is 0 Å². The highest BCUT2D eigenvalue weighted by Crippen LogP contribution is 2.60. The maximum atomic E-state index is 12.4. The zero-order chi connectivity index (χ0) is 18.4. The number of aromatic amines is 1. The fourth-order valence-electron chi connectivity index (χ4n) is 5.96. The number of phenols is 1. The minimum absolute atomic E-state index is 0.124. The monoisotopic (exact) mass is 364 g/mol. The molecule has 0 atom stereocenters. The first-order chi connectivity index (χ1) is 13.1. The van der Waals surface area contributed by atoms with Gasteiger partial charge < -0.3 is 5.11 Å². The molecule has 27 heavy (non-hydrogen) atoms. The minimum atomic E-state index is -0.339. The van der Waals surface area contributed by atoms with Crippen molar-refractivity contribution in [1.29, 1.82) is 0 Å². The number of para-hydroxylation sites is 1. The predicted molar refractivity (Wildman–Crippen MR) is 102 cm³/mol. The molecule has 3 N–H and O–H groups in total. The van der Waals surface area contributed by atoms with Gasteiger partial charge in [-0.1, -0.05) is 12.1 Å². The van der Waals surface area contributed by atoms with Crippen LogP contribution in [0.15, 0.2) is 35.4 Å². The van der Waals surface area contributed by atoms with Crippen LogP contribution in [0.4, 0.5) is 0 Å². The largest absolute Gasteiger partial charge is 0.507 e. The summed E-state index contributed by atoms with van der Waals surface area (Å²) in [5, 5.41) is 21.1. The number of rotatable bonds is 4. The highest BCUT2D eigenvalue weighted by atomic mass is 16.3. The molecule has 1 heterocycles. The Morgan fingerprint density at radius 1 is 1.19 bits per heavy atom. The van der Waals surface area contributed by atoms with Crippen LogP contribution < -0.4 is 5.43 Å². The number of carbonyl (C=O) groups excluding carboxylic acids is 1. The quantitative estimate of drug-likeness (QED) is 0.574. The summed E-state index contributed by atoms with van der Waals surface area (Å²) in [7, 11) is 0. The van der Waals surface area contributed by atoms with E-state index in [0.29, 0.717) is 11.3 Å². The van der Waals surface area contributed by atoms with Crippen LogP contribution in [0.3, 0.4) is 0 Å². The number of hydrogen-bond donors (Lipinski definition) is 3. The van der Waals surface area contributed by atoms with Crippen molar-refractivity contribution in [2.45, 2.75) is 43.9 Å². The Hall–Kier alpha value is -2.63. The van der Waals surface area contributed by atoms with Crippen LogP contribution in [0.1, 0.15) is 60.3 Å². The van der Waals surface area contributed by atoms with Crippen molar-refractivity contribution in [2.75, 3.05) is 0 Å². The van der Waals surface area contributed by atoms with Gasteiger partial charge in [0.25, 0.3) is 5.91 Å². The van der Waals surface area contributed by atoms with Crippen molar-refractivity contribution in [3.8, 4) is 5.75 Å². The molecule has 4 saturated carbocycles. The first kappa shape index (κ1) is 16.5. The number of benzene rings is 1. The third kappa shape index (κ3) is 2.93. The summed E-state index contributed by atoms with van der Waals surface area (Å²) in [6.45, 7) is 0. The number of amides is 1. The van der Waals surface area contributed by atoms with E-state index in [1.165, 1.54) is 44.7 Å². The van der Waals surface area contributed by atoms with Gasteiger partial charge in [0.15, 0.2) is 5.69 Å². The Labute approximate surface area is 158 Å². The summed E-state index contributed by atoms with van der Waals surface area (Å²) < 4.78 is 0. The van der Waals surface area contributed by atoms with E-state index in [9.17, 15) is 9.90 Å². The van der Waals surface area contributed by atoms with E-state index < -0.39 is 0 Å². The van der Waals surface area contributed by atoms with Crippen LogP contribution in [-0.4, -0.2) is 27.4 Å². The second kappa shape index (κ2) is 6.22. The van der Waals surface area contributed by atoms with E-state index in [2.05, 4.69) is 20.7 Å². The van der Waals surface area contributed by atoms with E-state index in [0.717, 1.165) is 23.4 Å². The van der Waals surface area contributed by atoms with Gasteiger partial charge in [0.2, 0.25) is 0 Å². The molecule has 6 rings (SSSR count). The Kier molecular flexibility index (Phi) is 3.81. The van der Waals surface area contributed by atoms with E-state index in [1.54, 1.807) is 24.3 Å². The Balaban J connectivity index is 1.29. The molecule has 0 unspecified atom stereocenters. The van der Waals surface area contributed by atoms with Gasteiger partial charge in [0.1, 0.15) is 5.75 Å². The summed E-state index contributed by atoms with van der Waals surface area (Å²) in [5.74, 6) is 2.33. The van der Waals surface area contributed by atoms with Gasteiger partial charge in [-0.05, 0) is 74.5 Å². The SMILES string of the molecule is O=C(N/N=C\c1ccccc1O)c1cc(C23CC4CC(CC(C4)C2)C3)[nH]n1. The second-order valence-electron chi connectivity index (χ2n) is 8.62. The zero-order valence-electron chi connectivity index (χ0n) is 15.2. The summed E-state index contributed by atoms with van der Waals surface area (Å²) in [6, 6.07) is 8.76. The van der Waals surface area contributed by atoms with E-state index in [-0.39, 0.29) is 17.1 Å². The highest BCUT2D eigenvalue weighted by Gasteiger charge is 2.52. The van der Waals surface area contributed by atoms with Gasteiger partial charge in [-0.25, -0.2) is 5.43 Å². The summed E-state index contributed by atoms with van der Waals surface area (Å²) in [5.41, 5.74) is 4.73. The number of aromatic hydroxyl groups is 1. The van der Waals surface area contributed by atoms with Crippen LogP contribution in [0.5, 0.6) is 5.75 Å². The maximum Gasteiger partial charge on any atom is 0.291 e. The van der Waals surface area contributed by atoms with E-state index in [4.69, 9.17) is 0 Å². The number of carbonyl (C=O) groups is 1. The number of phenolic OH excluding ortho intramolecular Hbond substituents is 1.